The van der Waals surface area contributed by atoms with Crippen molar-refractivity contribution in [1.82, 2.24) is 0 Å². The summed E-state index contributed by atoms with van der Waals surface area (Å²) < 4.78 is 0. The Morgan fingerprint density at radius 2 is 2.30 bits per heavy atom. The lowest BCUT2D eigenvalue weighted by atomic mass is 9.92. The van der Waals surface area contributed by atoms with Crippen molar-refractivity contribution in [2.75, 3.05) is 0 Å². The van der Waals surface area contributed by atoms with Gasteiger partial charge in [-0.05, 0) is 12.3 Å². The number of hydrogen-bond acceptors (Lipinski definition) is 1. The highest BCUT2D eigenvalue weighted by Gasteiger charge is 2.18. The highest BCUT2D eigenvalue weighted by molar-refractivity contribution is 5.70. The average molecular weight is 142 g/mol. The summed E-state index contributed by atoms with van der Waals surface area (Å²) in [5.41, 5.74) is 0. The number of allylic oxidation sites excluding steroid dienone is 1. The summed E-state index contributed by atoms with van der Waals surface area (Å²) in [6.07, 6.45) is 2.55. The molecule has 0 fully saturated rings. The van der Waals surface area contributed by atoms with E-state index in [1.807, 2.05) is 6.92 Å². The number of aliphatic carboxylic acids is 1. The van der Waals surface area contributed by atoms with E-state index in [2.05, 4.69) is 6.58 Å². The maximum absolute atomic E-state index is 10.4. The molecular formula is C8H14O2. The lowest BCUT2D eigenvalue weighted by Gasteiger charge is -2.13. The predicted molar refractivity (Wildman–Crippen MR) is 40.8 cm³/mol. The Balaban J connectivity index is 4.00. The Labute approximate surface area is 61.6 Å². The van der Waals surface area contributed by atoms with E-state index in [1.165, 1.54) is 0 Å². The quantitative estimate of drug-likeness (QED) is 0.609. The van der Waals surface area contributed by atoms with Crippen molar-refractivity contribution in [2.45, 2.75) is 20.3 Å². The van der Waals surface area contributed by atoms with Crippen molar-refractivity contribution in [3.05, 3.63) is 12.7 Å². The summed E-state index contributed by atoms with van der Waals surface area (Å²) in [6.45, 7) is 7.24. The van der Waals surface area contributed by atoms with Gasteiger partial charge >= 0.3 is 5.97 Å². The van der Waals surface area contributed by atoms with E-state index in [9.17, 15) is 4.79 Å². The normalized spacial score (nSPS) is 15.8. The Hall–Kier alpha value is -0.790. The van der Waals surface area contributed by atoms with Crippen LogP contribution in [0.25, 0.3) is 0 Å². The summed E-state index contributed by atoms with van der Waals surface area (Å²) in [5, 5.41) is 8.57. The zero-order valence-corrected chi connectivity index (χ0v) is 6.50. The maximum atomic E-state index is 10.4. The summed E-state index contributed by atoms with van der Waals surface area (Å²) in [6, 6.07) is 0. The van der Waals surface area contributed by atoms with E-state index in [1.54, 1.807) is 13.0 Å². The summed E-state index contributed by atoms with van der Waals surface area (Å²) >= 11 is 0. The summed E-state index contributed by atoms with van der Waals surface area (Å²) in [4.78, 5) is 10.4. The average Bonchev–Trinajstić information content (AvgIpc) is 1.90. The van der Waals surface area contributed by atoms with Gasteiger partial charge in [-0.25, -0.2) is 0 Å². The minimum atomic E-state index is -0.744. The first-order valence-electron chi connectivity index (χ1n) is 3.48. The largest absolute Gasteiger partial charge is 0.481 e. The van der Waals surface area contributed by atoms with Gasteiger partial charge in [0.1, 0.15) is 0 Å². The number of rotatable bonds is 4. The van der Waals surface area contributed by atoms with Gasteiger partial charge in [-0.15, -0.1) is 6.58 Å². The van der Waals surface area contributed by atoms with E-state index in [0.29, 0.717) is 0 Å². The SMILES string of the molecule is C=C[C@H](CC)[C@H](C)C(=O)O. The van der Waals surface area contributed by atoms with Crippen molar-refractivity contribution >= 4 is 5.97 Å². The number of carbonyl (C=O) groups is 1. The topological polar surface area (TPSA) is 37.3 Å². The third kappa shape index (κ3) is 2.21. The molecule has 0 radical (unpaired) electrons. The fourth-order valence-electron chi connectivity index (χ4n) is 0.907. The van der Waals surface area contributed by atoms with Crippen LogP contribution in [0.15, 0.2) is 12.7 Å². The van der Waals surface area contributed by atoms with Crippen LogP contribution in [-0.4, -0.2) is 11.1 Å². The van der Waals surface area contributed by atoms with Crippen LogP contribution in [0, 0.1) is 11.8 Å². The van der Waals surface area contributed by atoms with Gasteiger partial charge in [0.05, 0.1) is 5.92 Å². The molecule has 0 aromatic heterocycles. The molecule has 0 heterocycles. The first kappa shape index (κ1) is 9.21. The smallest absolute Gasteiger partial charge is 0.306 e. The molecule has 0 bridgehead atoms. The standard InChI is InChI=1S/C8H14O2/c1-4-7(5-2)6(3)8(9)10/h4,6-7H,1,5H2,2-3H3,(H,9,10)/t6-,7+/m0/s1. The first-order valence-corrected chi connectivity index (χ1v) is 3.48. The minimum Gasteiger partial charge on any atom is -0.481 e. The van der Waals surface area contributed by atoms with Gasteiger partial charge in [-0.1, -0.05) is 19.9 Å². The van der Waals surface area contributed by atoms with Crippen LogP contribution in [0.1, 0.15) is 20.3 Å². The third-order valence-electron chi connectivity index (χ3n) is 1.81. The second-order valence-corrected chi connectivity index (χ2v) is 2.43. The second-order valence-electron chi connectivity index (χ2n) is 2.43. The Kier molecular flexibility index (Phi) is 3.77. The van der Waals surface area contributed by atoms with E-state index in [0.717, 1.165) is 6.42 Å². The van der Waals surface area contributed by atoms with Crippen LogP contribution < -0.4 is 0 Å². The Morgan fingerprint density at radius 3 is 2.40 bits per heavy atom. The molecule has 2 nitrogen and oxygen atoms in total. The molecular weight excluding hydrogens is 128 g/mol. The Bertz CT molecular complexity index is 129. The molecule has 0 spiro atoms. The molecule has 2 heteroatoms. The maximum Gasteiger partial charge on any atom is 0.306 e. The molecule has 0 aliphatic rings. The van der Waals surface area contributed by atoms with E-state index in [-0.39, 0.29) is 11.8 Å². The lowest BCUT2D eigenvalue weighted by molar-refractivity contribution is -0.142. The van der Waals surface area contributed by atoms with Gasteiger partial charge in [-0.3, -0.25) is 4.79 Å². The van der Waals surface area contributed by atoms with E-state index in [4.69, 9.17) is 5.11 Å². The fraction of sp³-hybridized carbons (Fsp3) is 0.625. The Morgan fingerprint density at radius 1 is 1.80 bits per heavy atom. The van der Waals surface area contributed by atoms with Crippen LogP contribution in [-0.2, 0) is 4.79 Å². The number of carboxylic acids is 1. The van der Waals surface area contributed by atoms with Crippen LogP contribution in [0.4, 0.5) is 0 Å². The van der Waals surface area contributed by atoms with Crippen LogP contribution in [0.3, 0.4) is 0 Å². The van der Waals surface area contributed by atoms with E-state index < -0.39 is 5.97 Å². The predicted octanol–water partition coefficient (Wildman–Crippen LogP) is 1.92. The second kappa shape index (κ2) is 4.09. The van der Waals surface area contributed by atoms with Crippen molar-refractivity contribution in [1.29, 1.82) is 0 Å². The number of carboxylic acid groups (broad SMARTS) is 1. The van der Waals surface area contributed by atoms with Crippen molar-refractivity contribution in [3.8, 4) is 0 Å². The van der Waals surface area contributed by atoms with Crippen molar-refractivity contribution in [3.63, 3.8) is 0 Å². The van der Waals surface area contributed by atoms with Crippen LogP contribution in [0.5, 0.6) is 0 Å². The van der Waals surface area contributed by atoms with Gasteiger partial charge < -0.3 is 5.11 Å². The zero-order valence-electron chi connectivity index (χ0n) is 6.50. The van der Waals surface area contributed by atoms with Gasteiger partial charge in [-0.2, -0.15) is 0 Å². The zero-order chi connectivity index (χ0) is 8.15. The van der Waals surface area contributed by atoms with Gasteiger partial charge in [0.25, 0.3) is 0 Å². The third-order valence-corrected chi connectivity index (χ3v) is 1.81. The molecule has 1 N–H and O–H groups in total. The molecule has 0 rings (SSSR count). The highest BCUT2D eigenvalue weighted by atomic mass is 16.4. The van der Waals surface area contributed by atoms with Gasteiger partial charge in [0.2, 0.25) is 0 Å². The molecule has 0 amide bonds. The lowest BCUT2D eigenvalue weighted by Crippen LogP contribution is -2.17. The van der Waals surface area contributed by atoms with Crippen LogP contribution in [0.2, 0.25) is 0 Å². The molecule has 0 saturated carbocycles. The monoisotopic (exact) mass is 142 g/mol. The van der Waals surface area contributed by atoms with Crippen LogP contribution >= 0.6 is 0 Å². The molecule has 0 saturated heterocycles. The van der Waals surface area contributed by atoms with Crippen molar-refractivity contribution in [2.24, 2.45) is 11.8 Å². The molecule has 0 unspecified atom stereocenters. The van der Waals surface area contributed by atoms with Crippen molar-refractivity contribution < 1.29 is 9.90 Å². The molecule has 0 aliphatic carbocycles. The van der Waals surface area contributed by atoms with E-state index >= 15 is 0 Å². The molecule has 0 aromatic rings. The summed E-state index contributed by atoms with van der Waals surface area (Å²) in [7, 11) is 0. The van der Waals surface area contributed by atoms with Gasteiger partial charge in [0, 0.05) is 0 Å². The molecule has 0 aromatic carbocycles. The molecule has 58 valence electrons. The first-order chi connectivity index (χ1) is 4.63. The minimum absolute atomic E-state index is 0.109. The molecule has 0 aliphatic heterocycles. The molecule has 10 heavy (non-hydrogen) atoms. The highest BCUT2D eigenvalue weighted by Crippen LogP contribution is 2.15. The summed E-state index contributed by atoms with van der Waals surface area (Å²) in [5.74, 6) is -0.938. The molecule has 2 atom stereocenters. The number of hydrogen-bond donors (Lipinski definition) is 1. The fourth-order valence-corrected chi connectivity index (χ4v) is 0.907. The van der Waals surface area contributed by atoms with Gasteiger partial charge in [0.15, 0.2) is 0 Å².